The molecular weight excluding hydrogens is 328 g/mol. The molecule has 2 N–H and O–H groups in total. The molecule has 0 aliphatic rings. The lowest BCUT2D eigenvalue weighted by atomic mass is 10.2. The van der Waals surface area contributed by atoms with Crippen LogP contribution in [0.4, 0.5) is 5.69 Å². The van der Waals surface area contributed by atoms with Crippen molar-refractivity contribution in [2.24, 2.45) is 0 Å². The summed E-state index contributed by atoms with van der Waals surface area (Å²) in [5, 5.41) is 2.63. The molecule has 1 aromatic carbocycles. The van der Waals surface area contributed by atoms with Crippen LogP contribution in [0.3, 0.4) is 0 Å². The molecule has 1 aromatic rings. The van der Waals surface area contributed by atoms with Crippen LogP contribution in [-0.2, 0) is 10.0 Å². The van der Waals surface area contributed by atoms with Crippen molar-refractivity contribution in [2.75, 3.05) is 11.3 Å². The SMILES string of the molecule is Cc1cccc(NS(=O)(=O)C(C)CNC(C)C)c1Br. The Bertz CT molecular complexity index is 529. The highest BCUT2D eigenvalue weighted by Crippen LogP contribution is 2.27. The Hall–Kier alpha value is -0.590. The number of hydrogen-bond acceptors (Lipinski definition) is 3. The summed E-state index contributed by atoms with van der Waals surface area (Å²) >= 11 is 3.40. The van der Waals surface area contributed by atoms with Crippen LogP contribution < -0.4 is 10.0 Å². The quantitative estimate of drug-likeness (QED) is 0.830. The standard InChI is InChI=1S/C13H21BrN2O2S/c1-9(2)15-8-11(4)19(17,18)16-12-7-5-6-10(3)13(12)14/h5-7,9,11,15-16H,8H2,1-4H3. The van der Waals surface area contributed by atoms with Gasteiger partial charge in [-0.1, -0.05) is 26.0 Å². The van der Waals surface area contributed by atoms with E-state index in [1.54, 1.807) is 13.0 Å². The van der Waals surface area contributed by atoms with E-state index in [2.05, 4.69) is 26.0 Å². The second-order valence-electron chi connectivity index (χ2n) is 4.96. The van der Waals surface area contributed by atoms with E-state index in [-0.39, 0.29) is 6.04 Å². The first-order valence-corrected chi connectivity index (χ1v) is 8.58. The maximum Gasteiger partial charge on any atom is 0.236 e. The van der Waals surface area contributed by atoms with E-state index in [0.717, 1.165) is 10.0 Å². The van der Waals surface area contributed by atoms with Gasteiger partial charge in [0, 0.05) is 17.1 Å². The van der Waals surface area contributed by atoms with Crippen molar-refractivity contribution in [1.82, 2.24) is 5.32 Å². The average molecular weight is 349 g/mol. The summed E-state index contributed by atoms with van der Waals surface area (Å²) in [4.78, 5) is 0. The predicted molar refractivity (Wildman–Crippen MR) is 84.0 cm³/mol. The molecule has 4 nitrogen and oxygen atoms in total. The van der Waals surface area contributed by atoms with Crippen LogP contribution in [0.2, 0.25) is 0 Å². The third kappa shape index (κ3) is 4.78. The topological polar surface area (TPSA) is 58.2 Å². The van der Waals surface area contributed by atoms with Crippen LogP contribution in [0, 0.1) is 6.92 Å². The zero-order valence-corrected chi connectivity index (χ0v) is 14.1. The van der Waals surface area contributed by atoms with Gasteiger partial charge in [-0.15, -0.1) is 0 Å². The van der Waals surface area contributed by atoms with Crippen molar-refractivity contribution in [3.05, 3.63) is 28.2 Å². The van der Waals surface area contributed by atoms with E-state index in [1.807, 2.05) is 32.9 Å². The van der Waals surface area contributed by atoms with Gasteiger partial charge < -0.3 is 5.32 Å². The zero-order chi connectivity index (χ0) is 14.6. The number of rotatable bonds is 6. The zero-order valence-electron chi connectivity index (χ0n) is 11.7. The largest absolute Gasteiger partial charge is 0.313 e. The molecule has 0 bridgehead atoms. The summed E-state index contributed by atoms with van der Waals surface area (Å²) in [6.45, 7) is 8.03. The maximum absolute atomic E-state index is 12.2. The van der Waals surface area contributed by atoms with E-state index in [9.17, 15) is 8.42 Å². The monoisotopic (exact) mass is 348 g/mol. The smallest absolute Gasteiger partial charge is 0.236 e. The van der Waals surface area contributed by atoms with Crippen molar-refractivity contribution in [2.45, 2.75) is 39.0 Å². The highest BCUT2D eigenvalue weighted by atomic mass is 79.9. The first-order chi connectivity index (χ1) is 8.74. The van der Waals surface area contributed by atoms with E-state index >= 15 is 0 Å². The molecule has 0 aliphatic carbocycles. The fraction of sp³-hybridized carbons (Fsp3) is 0.538. The molecule has 19 heavy (non-hydrogen) atoms. The molecule has 0 aromatic heterocycles. The van der Waals surface area contributed by atoms with Gasteiger partial charge in [0.1, 0.15) is 0 Å². The van der Waals surface area contributed by atoms with Crippen molar-refractivity contribution in [3.63, 3.8) is 0 Å². The molecule has 0 fully saturated rings. The molecule has 0 radical (unpaired) electrons. The van der Waals surface area contributed by atoms with Crippen molar-refractivity contribution < 1.29 is 8.42 Å². The number of anilines is 1. The molecule has 0 heterocycles. The number of halogens is 1. The molecule has 108 valence electrons. The Kier molecular flexibility index (Phi) is 5.82. The summed E-state index contributed by atoms with van der Waals surface area (Å²) in [6.07, 6.45) is 0. The second kappa shape index (κ2) is 6.72. The highest BCUT2D eigenvalue weighted by molar-refractivity contribution is 9.10. The Balaban J connectivity index is 2.82. The van der Waals surface area contributed by atoms with Crippen molar-refractivity contribution in [1.29, 1.82) is 0 Å². The van der Waals surface area contributed by atoms with Crippen LogP contribution in [0.15, 0.2) is 22.7 Å². The minimum Gasteiger partial charge on any atom is -0.313 e. The second-order valence-corrected chi connectivity index (χ2v) is 7.85. The van der Waals surface area contributed by atoms with Gasteiger partial charge in [-0.2, -0.15) is 0 Å². The van der Waals surface area contributed by atoms with Gasteiger partial charge in [0.25, 0.3) is 0 Å². The van der Waals surface area contributed by atoms with Gasteiger partial charge in [-0.3, -0.25) is 4.72 Å². The van der Waals surface area contributed by atoms with Crippen LogP contribution >= 0.6 is 15.9 Å². The van der Waals surface area contributed by atoms with Crippen LogP contribution in [-0.4, -0.2) is 26.3 Å². The minimum atomic E-state index is -3.39. The lowest BCUT2D eigenvalue weighted by Crippen LogP contribution is -2.37. The maximum atomic E-state index is 12.2. The van der Waals surface area contributed by atoms with E-state index in [1.165, 1.54) is 0 Å². The Morgan fingerprint density at radius 2 is 1.89 bits per heavy atom. The molecule has 0 saturated carbocycles. The van der Waals surface area contributed by atoms with Gasteiger partial charge in [-0.25, -0.2) is 8.42 Å². The lowest BCUT2D eigenvalue weighted by Gasteiger charge is -2.18. The summed E-state index contributed by atoms with van der Waals surface area (Å²) in [5.74, 6) is 0. The summed E-state index contributed by atoms with van der Waals surface area (Å²) in [5.41, 5.74) is 1.57. The van der Waals surface area contributed by atoms with Crippen molar-refractivity contribution in [3.8, 4) is 0 Å². The van der Waals surface area contributed by atoms with Gasteiger partial charge in [0.2, 0.25) is 10.0 Å². The normalized spacial score (nSPS) is 13.6. The van der Waals surface area contributed by atoms with Gasteiger partial charge in [0.15, 0.2) is 0 Å². The van der Waals surface area contributed by atoms with Gasteiger partial charge in [-0.05, 0) is 41.4 Å². The summed E-state index contributed by atoms with van der Waals surface area (Å²) in [7, 11) is -3.39. The number of benzene rings is 1. The predicted octanol–water partition coefficient (Wildman–Crippen LogP) is 2.89. The first-order valence-electron chi connectivity index (χ1n) is 6.24. The lowest BCUT2D eigenvalue weighted by molar-refractivity contribution is 0.553. The Labute approximate surface area is 124 Å². The van der Waals surface area contributed by atoms with Gasteiger partial charge in [0.05, 0.1) is 10.9 Å². The van der Waals surface area contributed by atoms with Crippen LogP contribution in [0.1, 0.15) is 26.3 Å². The summed E-state index contributed by atoms with van der Waals surface area (Å²) < 4.78 is 27.8. The molecule has 1 rings (SSSR count). The molecule has 6 heteroatoms. The molecule has 0 amide bonds. The Morgan fingerprint density at radius 1 is 1.26 bits per heavy atom. The van der Waals surface area contributed by atoms with E-state index in [0.29, 0.717) is 12.2 Å². The molecule has 0 saturated heterocycles. The molecule has 1 unspecified atom stereocenters. The van der Waals surface area contributed by atoms with Crippen LogP contribution in [0.25, 0.3) is 0 Å². The fourth-order valence-corrected chi connectivity index (χ4v) is 2.98. The minimum absolute atomic E-state index is 0.267. The third-order valence-corrected chi connectivity index (χ3v) is 5.57. The Morgan fingerprint density at radius 3 is 2.47 bits per heavy atom. The number of nitrogens with one attached hydrogen (secondary N) is 2. The van der Waals surface area contributed by atoms with E-state index < -0.39 is 15.3 Å². The number of hydrogen-bond donors (Lipinski definition) is 2. The first kappa shape index (κ1) is 16.5. The average Bonchev–Trinajstić information content (AvgIpc) is 2.31. The number of aryl methyl sites for hydroxylation is 1. The molecular formula is C13H21BrN2O2S. The van der Waals surface area contributed by atoms with Gasteiger partial charge >= 0.3 is 0 Å². The third-order valence-electron chi connectivity index (χ3n) is 2.79. The molecule has 0 aliphatic heterocycles. The number of sulfonamides is 1. The highest BCUT2D eigenvalue weighted by Gasteiger charge is 2.21. The molecule has 0 spiro atoms. The van der Waals surface area contributed by atoms with E-state index in [4.69, 9.17) is 0 Å². The summed E-state index contributed by atoms with van der Waals surface area (Å²) in [6, 6.07) is 5.76. The molecule has 1 atom stereocenters. The fourth-order valence-electron chi connectivity index (χ4n) is 1.49. The van der Waals surface area contributed by atoms with Crippen LogP contribution in [0.5, 0.6) is 0 Å². The van der Waals surface area contributed by atoms with Crippen molar-refractivity contribution >= 4 is 31.6 Å².